The SMILES string of the molecule is CCc1ccc(OCCn2c3ccccc3c3ccccc32)cc1. The van der Waals surface area contributed by atoms with Crippen LogP contribution in [0.4, 0.5) is 0 Å². The van der Waals surface area contributed by atoms with Crippen LogP contribution in [0.5, 0.6) is 5.75 Å². The van der Waals surface area contributed by atoms with E-state index in [9.17, 15) is 0 Å². The molecule has 2 heteroatoms. The Morgan fingerprint density at radius 3 is 1.92 bits per heavy atom. The zero-order valence-electron chi connectivity index (χ0n) is 13.9. The topological polar surface area (TPSA) is 14.2 Å². The molecule has 0 fully saturated rings. The van der Waals surface area contributed by atoms with Gasteiger partial charge in [0.25, 0.3) is 0 Å². The summed E-state index contributed by atoms with van der Waals surface area (Å²) in [7, 11) is 0. The summed E-state index contributed by atoms with van der Waals surface area (Å²) in [6.45, 7) is 3.66. The molecule has 0 bridgehead atoms. The normalized spacial score (nSPS) is 11.2. The maximum Gasteiger partial charge on any atom is 0.119 e. The van der Waals surface area contributed by atoms with Crippen LogP contribution >= 0.6 is 0 Å². The zero-order chi connectivity index (χ0) is 16.4. The van der Waals surface area contributed by atoms with Crippen LogP contribution in [-0.4, -0.2) is 11.2 Å². The highest BCUT2D eigenvalue weighted by Crippen LogP contribution is 2.28. The van der Waals surface area contributed by atoms with Crippen molar-refractivity contribution in [2.75, 3.05) is 6.61 Å². The molecule has 4 rings (SSSR count). The summed E-state index contributed by atoms with van der Waals surface area (Å²) in [5, 5.41) is 2.61. The molecule has 3 aromatic carbocycles. The highest BCUT2D eigenvalue weighted by Gasteiger charge is 2.09. The van der Waals surface area contributed by atoms with E-state index in [1.807, 2.05) is 0 Å². The molecule has 0 saturated carbocycles. The number of hydrogen-bond acceptors (Lipinski definition) is 1. The average molecular weight is 315 g/mol. The summed E-state index contributed by atoms with van der Waals surface area (Å²) in [6.07, 6.45) is 1.06. The van der Waals surface area contributed by atoms with Crippen molar-refractivity contribution >= 4 is 21.8 Å². The molecule has 0 unspecified atom stereocenters. The summed E-state index contributed by atoms with van der Waals surface area (Å²) < 4.78 is 8.31. The number of benzene rings is 3. The third-order valence-electron chi connectivity index (χ3n) is 4.60. The van der Waals surface area contributed by atoms with Gasteiger partial charge in [-0.1, -0.05) is 55.5 Å². The predicted molar refractivity (Wildman–Crippen MR) is 101 cm³/mol. The number of aryl methyl sites for hydroxylation is 1. The van der Waals surface area contributed by atoms with Crippen LogP contribution in [0.15, 0.2) is 72.8 Å². The lowest BCUT2D eigenvalue weighted by atomic mass is 10.2. The fourth-order valence-electron chi connectivity index (χ4n) is 3.32. The van der Waals surface area contributed by atoms with Crippen molar-refractivity contribution in [2.45, 2.75) is 19.9 Å². The number of nitrogens with zero attached hydrogens (tertiary/aromatic N) is 1. The minimum Gasteiger partial charge on any atom is -0.492 e. The number of hydrogen-bond donors (Lipinski definition) is 0. The number of fused-ring (bicyclic) bond motifs is 3. The van der Waals surface area contributed by atoms with Crippen LogP contribution in [0.1, 0.15) is 12.5 Å². The monoisotopic (exact) mass is 315 g/mol. The second-order valence-corrected chi connectivity index (χ2v) is 6.03. The van der Waals surface area contributed by atoms with E-state index in [4.69, 9.17) is 4.74 Å². The third kappa shape index (κ3) is 2.65. The molecule has 120 valence electrons. The highest BCUT2D eigenvalue weighted by atomic mass is 16.5. The Hall–Kier alpha value is -2.74. The smallest absolute Gasteiger partial charge is 0.119 e. The maximum atomic E-state index is 5.96. The molecule has 2 nitrogen and oxygen atoms in total. The predicted octanol–water partition coefficient (Wildman–Crippen LogP) is 5.44. The van der Waals surface area contributed by atoms with Gasteiger partial charge in [-0.2, -0.15) is 0 Å². The van der Waals surface area contributed by atoms with Crippen LogP contribution in [0.25, 0.3) is 21.8 Å². The molecule has 0 amide bonds. The van der Waals surface area contributed by atoms with Gasteiger partial charge in [0.15, 0.2) is 0 Å². The van der Waals surface area contributed by atoms with Gasteiger partial charge in [0, 0.05) is 21.8 Å². The first kappa shape index (κ1) is 14.8. The van der Waals surface area contributed by atoms with Gasteiger partial charge in [0.05, 0.1) is 6.54 Å². The van der Waals surface area contributed by atoms with E-state index in [0.717, 1.165) is 18.7 Å². The molecule has 0 saturated heterocycles. The van der Waals surface area contributed by atoms with E-state index in [0.29, 0.717) is 6.61 Å². The van der Waals surface area contributed by atoms with Crippen molar-refractivity contribution in [1.29, 1.82) is 0 Å². The van der Waals surface area contributed by atoms with Gasteiger partial charge < -0.3 is 9.30 Å². The van der Waals surface area contributed by atoms with Gasteiger partial charge in [-0.15, -0.1) is 0 Å². The van der Waals surface area contributed by atoms with Crippen molar-refractivity contribution in [3.05, 3.63) is 78.4 Å². The summed E-state index contributed by atoms with van der Waals surface area (Å²) >= 11 is 0. The van der Waals surface area contributed by atoms with Gasteiger partial charge in [0.1, 0.15) is 12.4 Å². The fraction of sp³-hybridized carbons (Fsp3) is 0.182. The van der Waals surface area contributed by atoms with Gasteiger partial charge in [-0.3, -0.25) is 0 Å². The van der Waals surface area contributed by atoms with E-state index in [2.05, 4.69) is 84.3 Å². The second kappa shape index (κ2) is 6.40. The molecular formula is C22H21NO. The van der Waals surface area contributed by atoms with Crippen molar-refractivity contribution in [2.24, 2.45) is 0 Å². The van der Waals surface area contributed by atoms with E-state index < -0.39 is 0 Å². The number of aromatic nitrogens is 1. The van der Waals surface area contributed by atoms with E-state index in [-0.39, 0.29) is 0 Å². The molecule has 0 aliphatic rings. The molecule has 0 radical (unpaired) electrons. The summed E-state index contributed by atoms with van der Waals surface area (Å²) in [5.74, 6) is 0.938. The Balaban J connectivity index is 1.59. The van der Waals surface area contributed by atoms with Gasteiger partial charge >= 0.3 is 0 Å². The van der Waals surface area contributed by atoms with Crippen LogP contribution in [0.2, 0.25) is 0 Å². The fourth-order valence-corrected chi connectivity index (χ4v) is 3.32. The van der Waals surface area contributed by atoms with Crippen molar-refractivity contribution in [3.8, 4) is 5.75 Å². The second-order valence-electron chi connectivity index (χ2n) is 6.03. The first-order valence-electron chi connectivity index (χ1n) is 8.54. The first-order chi connectivity index (χ1) is 11.9. The highest BCUT2D eigenvalue weighted by molar-refractivity contribution is 6.07. The molecule has 0 spiro atoms. The lowest BCUT2D eigenvalue weighted by Gasteiger charge is -2.10. The third-order valence-corrected chi connectivity index (χ3v) is 4.60. The lowest BCUT2D eigenvalue weighted by Crippen LogP contribution is -2.07. The standard InChI is InChI=1S/C22H21NO/c1-2-17-11-13-18(14-12-17)24-16-15-23-21-9-5-3-7-19(21)20-8-4-6-10-22(20)23/h3-14H,2,15-16H2,1H3. The summed E-state index contributed by atoms with van der Waals surface area (Å²) in [5.41, 5.74) is 3.87. The molecule has 0 atom stereocenters. The minimum absolute atomic E-state index is 0.661. The minimum atomic E-state index is 0.661. The molecule has 1 heterocycles. The van der Waals surface area contributed by atoms with E-state index in [1.165, 1.54) is 27.4 Å². The van der Waals surface area contributed by atoms with Crippen LogP contribution in [-0.2, 0) is 13.0 Å². The molecular weight excluding hydrogens is 294 g/mol. The summed E-state index contributed by atoms with van der Waals surface area (Å²) in [4.78, 5) is 0. The molecule has 24 heavy (non-hydrogen) atoms. The van der Waals surface area contributed by atoms with Gasteiger partial charge in [-0.25, -0.2) is 0 Å². The molecule has 0 N–H and O–H groups in total. The quantitative estimate of drug-likeness (QED) is 0.478. The number of para-hydroxylation sites is 2. The van der Waals surface area contributed by atoms with Gasteiger partial charge in [-0.05, 0) is 36.2 Å². The average Bonchev–Trinajstić information content (AvgIpc) is 2.97. The zero-order valence-corrected chi connectivity index (χ0v) is 13.9. The maximum absolute atomic E-state index is 5.96. The molecule has 0 aliphatic carbocycles. The number of rotatable bonds is 5. The van der Waals surface area contributed by atoms with Crippen molar-refractivity contribution in [3.63, 3.8) is 0 Å². The molecule has 4 aromatic rings. The van der Waals surface area contributed by atoms with E-state index >= 15 is 0 Å². The van der Waals surface area contributed by atoms with Crippen molar-refractivity contribution in [1.82, 2.24) is 4.57 Å². The molecule has 1 aromatic heterocycles. The van der Waals surface area contributed by atoms with Crippen LogP contribution in [0.3, 0.4) is 0 Å². The summed E-state index contributed by atoms with van der Waals surface area (Å²) in [6, 6.07) is 25.6. The van der Waals surface area contributed by atoms with Crippen molar-refractivity contribution < 1.29 is 4.74 Å². The van der Waals surface area contributed by atoms with Crippen LogP contribution in [0, 0.1) is 0 Å². The number of ether oxygens (including phenoxy) is 1. The van der Waals surface area contributed by atoms with Gasteiger partial charge in [0.2, 0.25) is 0 Å². The lowest BCUT2D eigenvalue weighted by molar-refractivity contribution is 0.302. The Morgan fingerprint density at radius 2 is 1.33 bits per heavy atom. The molecule has 0 aliphatic heterocycles. The Kier molecular flexibility index (Phi) is 3.96. The Morgan fingerprint density at radius 1 is 0.750 bits per heavy atom. The Bertz CT molecular complexity index is 913. The van der Waals surface area contributed by atoms with Crippen LogP contribution < -0.4 is 4.74 Å². The Labute approximate surface area is 142 Å². The first-order valence-corrected chi connectivity index (χ1v) is 8.54. The largest absolute Gasteiger partial charge is 0.492 e. The van der Waals surface area contributed by atoms with E-state index in [1.54, 1.807) is 0 Å².